The van der Waals surface area contributed by atoms with Crippen molar-refractivity contribution < 1.29 is 13.9 Å². The summed E-state index contributed by atoms with van der Waals surface area (Å²) in [7, 11) is 0. The molecule has 0 aliphatic rings. The molecule has 34 heavy (non-hydrogen) atoms. The number of nitrogens with zero attached hydrogens (tertiary/aromatic N) is 1. The molecule has 6 nitrogen and oxygen atoms in total. The van der Waals surface area contributed by atoms with Gasteiger partial charge in [-0.05, 0) is 86.2 Å². The van der Waals surface area contributed by atoms with E-state index in [2.05, 4.69) is 22.5 Å². The number of carbonyl (C=O) groups is 1. The van der Waals surface area contributed by atoms with Crippen LogP contribution in [-0.2, 0) is 0 Å². The average Bonchev–Trinajstić information content (AvgIpc) is 3.22. The summed E-state index contributed by atoms with van der Waals surface area (Å²) in [5.74, 6) is 0.770. The van der Waals surface area contributed by atoms with Gasteiger partial charge in [-0.15, -0.1) is 0 Å². The van der Waals surface area contributed by atoms with E-state index in [0.717, 1.165) is 6.42 Å². The highest BCUT2D eigenvalue weighted by atomic mass is 35.5. The lowest BCUT2D eigenvalue weighted by molar-refractivity contribution is 0.0977. The minimum absolute atomic E-state index is 0.109. The van der Waals surface area contributed by atoms with Crippen LogP contribution < -0.4 is 15.4 Å². The Kier molecular flexibility index (Phi) is 7.36. The van der Waals surface area contributed by atoms with E-state index in [4.69, 9.17) is 44.6 Å². The van der Waals surface area contributed by atoms with E-state index in [1.54, 1.807) is 60.7 Å². The van der Waals surface area contributed by atoms with Gasteiger partial charge >= 0.3 is 0 Å². The van der Waals surface area contributed by atoms with Crippen molar-refractivity contribution in [2.45, 2.75) is 26.4 Å². The number of rotatable bonds is 6. The zero-order chi connectivity index (χ0) is 24.2. The molecule has 2 N–H and O–H groups in total. The molecular formula is C25H21Cl2N3O3S. The number of amides is 1. The van der Waals surface area contributed by atoms with Crippen LogP contribution in [-0.4, -0.2) is 22.1 Å². The third kappa shape index (κ3) is 5.67. The molecule has 0 aliphatic carbocycles. The van der Waals surface area contributed by atoms with Crippen LogP contribution in [0.1, 0.15) is 30.6 Å². The molecule has 0 spiro atoms. The Morgan fingerprint density at radius 3 is 2.59 bits per heavy atom. The molecule has 0 aliphatic heterocycles. The van der Waals surface area contributed by atoms with Gasteiger partial charge in [0.1, 0.15) is 11.3 Å². The average molecular weight is 514 g/mol. The van der Waals surface area contributed by atoms with Crippen LogP contribution in [0.3, 0.4) is 0 Å². The number of ether oxygens (including phenoxy) is 1. The van der Waals surface area contributed by atoms with Crippen molar-refractivity contribution in [3.8, 4) is 17.2 Å². The van der Waals surface area contributed by atoms with Gasteiger partial charge in [-0.3, -0.25) is 10.1 Å². The third-order valence-corrected chi connectivity index (χ3v) is 5.81. The summed E-state index contributed by atoms with van der Waals surface area (Å²) in [6.45, 7) is 4.05. The first kappa shape index (κ1) is 24.0. The normalized spacial score (nSPS) is 11.8. The molecule has 174 valence electrons. The topological polar surface area (TPSA) is 76.4 Å². The molecule has 0 fully saturated rings. The lowest BCUT2D eigenvalue weighted by atomic mass is 10.2. The van der Waals surface area contributed by atoms with Gasteiger partial charge in [0.05, 0.1) is 16.7 Å². The Morgan fingerprint density at radius 2 is 1.88 bits per heavy atom. The van der Waals surface area contributed by atoms with Gasteiger partial charge in [-0.2, -0.15) is 0 Å². The largest absolute Gasteiger partial charge is 0.491 e. The molecule has 0 bridgehead atoms. The van der Waals surface area contributed by atoms with Crippen LogP contribution in [0.4, 0.5) is 5.69 Å². The number of carbonyl (C=O) groups excluding carboxylic acids is 1. The van der Waals surface area contributed by atoms with E-state index in [1.165, 1.54) is 0 Å². The van der Waals surface area contributed by atoms with Crippen LogP contribution in [0.5, 0.6) is 5.75 Å². The second-order valence-corrected chi connectivity index (χ2v) is 8.85. The van der Waals surface area contributed by atoms with Gasteiger partial charge in [0, 0.05) is 16.3 Å². The summed E-state index contributed by atoms with van der Waals surface area (Å²) >= 11 is 17.5. The Hall–Kier alpha value is -3.13. The number of oxazole rings is 1. The first-order valence-electron chi connectivity index (χ1n) is 10.6. The molecule has 1 heterocycles. The fourth-order valence-electron chi connectivity index (χ4n) is 3.12. The molecule has 4 rings (SSSR count). The van der Waals surface area contributed by atoms with Crippen molar-refractivity contribution in [2.24, 2.45) is 0 Å². The van der Waals surface area contributed by atoms with Gasteiger partial charge in [-0.1, -0.05) is 30.1 Å². The van der Waals surface area contributed by atoms with Gasteiger partial charge in [-0.25, -0.2) is 4.98 Å². The van der Waals surface area contributed by atoms with Gasteiger partial charge in [0.25, 0.3) is 5.91 Å². The molecule has 0 saturated heterocycles. The van der Waals surface area contributed by atoms with Crippen LogP contribution in [0.2, 0.25) is 10.0 Å². The summed E-state index contributed by atoms with van der Waals surface area (Å²) in [5.41, 5.74) is 2.95. The summed E-state index contributed by atoms with van der Waals surface area (Å²) in [4.78, 5) is 17.0. The fourth-order valence-corrected chi connectivity index (χ4v) is 3.82. The Bertz CT molecular complexity index is 1360. The van der Waals surface area contributed by atoms with Gasteiger partial charge in [0.2, 0.25) is 5.89 Å². The van der Waals surface area contributed by atoms with E-state index >= 15 is 0 Å². The van der Waals surface area contributed by atoms with Crippen molar-refractivity contribution >= 4 is 63.2 Å². The maximum absolute atomic E-state index is 12.5. The number of halogens is 2. The van der Waals surface area contributed by atoms with Gasteiger partial charge < -0.3 is 14.5 Å². The minimum Gasteiger partial charge on any atom is -0.491 e. The van der Waals surface area contributed by atoms with Crippen LogP contribution in [0.25, 0.3) is 22.6 Å². The molecule has 1 amide bonds. The van der Waals surface area contributed by atoms with Crippen molar-refractivity contribution in [1.29, 1.82) is 0 Å². The van der Waals surface area contributed by atoms with Crippen molar-refractivity contribution in [3.63, 3.8) is 0 Å². The summed E-state index contributed by atoms with van der Waals surface area (Å²) in [5, 5.41) is 6.81. The first-order chi connectivity index (χ1) is 16.3. The molecule has 4 aromatic rings. The van der Waals surface area contributed by atoms with E-state index < -0.39 is 0 Å². The van der Waals surface area contributed by atoms with E-state index in [9.17, 15) is 4.79 Å². The molecule has 3 aromatic carbocycles. The summed E-state index contributed by atoms with van der Waals surface area (Å²) in [6.07, 6.45) is 1.01. The monoisotopic (exact) mass is 513 g/mol. The van der Waals surface area contributed by atoms with Crippen LogP contribution in [0.15, 0.2) is 65.1 Å². The maximum Gasteiger partial charge on any atom is 0.257 e. The quantitative estimate of drug-likeness (QED) is 0.267. The standard InChI is InChI=1S/C25H21Cl2N3O3S/c1-3-14(2)32-18-8-4-15(5-9-18)23(31)30-25(34)28-17-7-11-22-21(13-17)29-24(33-22)19-10-6-16(26)12-20(19)27/h4-14H,3H2,1-2H3,(H2,28,30,31,34). The predicted octanol–water partition coefficient (Wildman–Crippen LogP) is 7.11. The minimum atomic E-state index is -0.324. The SMILES string of the molecule is CCC(C)Oc1ccc(C(=O)NC(=S)Nc2ccc3oc(-c4ccc(Cl)cc4Cl)nc3c2)cc1. The van der Waals surface area contributed by atoms with E-state index in [1.807, 2.05) is 6.92 Å². The molecule has 0 radical (unpaired) electrons. The zero-order valence-electron chi connectivity index (χ0n) is 18.4. The second kappa shape index (κ2) is 10.4. The summed E-state index contributed by atoms with van der Waals surface area (Å²) in [6, 6.07) is 17.3. The lowest BCUT2D eigenvalue weighted by Crippen LogP contribution is -2.34. The second-order valence-electron chi connectivity index (χ2n) is 7.60. The smallest absolute Gasteiger partial charge is 0.257 e. The number of hydrogen-bond donors (Lipinski definition) is 2. The van der Waals surface area contributed by atoms with Crippen molar-refractivity contribution in [2.75, 3.05) is 5.32 Å². The maximum atomic E-state index is 12.5. The number of thiocarbonyl (C=S) groups is 1. The van der Waals surface area contributed by atoms with Crippen LogP contribution >= 0.6 is 35.4 Å². The number of nitrogens with one attached hydrogen (secondary N) is 2. The number of aromatic nitrogens is 1. The molecule has 1 atom stereocenters. The highest BCUT2D eigenvalue weighted by molar-refractivity contribution is 7.80. The zero-order valence-corrected chi connectivity index (χ0v) is 20.7. The van der Waals surface area contributed by atoms with Crippen LogP contribution in [0, 0.1) is 0 Å². The first-order valence-corrected chi connectivity index (χ1v) is 11.7. The highest BCUT2D eigenvalue weighted by Gasteiger charge is 2.14. The highest BCUT2D eigenvalue weighted by Crippen LogP contribution is 2.32. The number of anilines is 1. The Labute approximate surface area is 212 Å². The van der Waals surface area contributed by atoms with E-state index in [-0.39, 0.29) is 17.1 Å². The number of benzene rings is 3. The molecular weight excluding hydrogens is 493 g/mol. The molecule has 1 unspecified atom stereocenters. The predicted molar refractivity (Wildman–Crippen MR) is 140 cm³/mol. The third-order valence-electron chi connectivity index (χ3n) is 5.06. The number of hydrogen-bond acceptors (Lipinski definition) is 5. The lowest BCUT2D eigenvalue weighted by Gasteiger charge is -2.13. The molecule has 1 aromatic heterocycles. The fraction of sp³-hybridized carbons (Fsp3) is 0.160. The van der Waals surface area contributed by atoms with Crippen molar-refractivity contribution in [3.05, 3.63) is 76.3 Å². The summed E-state index contributed by atoms with van der Waals surface area (Å²) < 4.78 is 11.6. The van der Waals surface area contributed by atoms with Crippen molar-refractivity contribution in [1.82, 2.24) is 10.3 Å². The molecule has 0 saturated carbocycles. The van der Waals surface area contributed by atoms with E-state index in [0.29, 0.717) is 49.6 Å². The Balaban J connectivity index is 1.42. The Morgan fingerprint density at radius 1 is 1.12 bits per heavy atom. The number of fused-ring (bicyclic) bond motifs is 1. The van der Waals surface area contributed by atoms with Gasteiger partial charge in [0.15, 0.2) is 10.7 Å². The molecule has 9 heteroatoms.